The number of nitrogens with zero attached hydrogens (tertiary/aromatic N) is 1. The number of aromatic nitrogens is 1. The van der Waals surface area contributed by atoms with Gasteiger partial charge in [-0.1, -0.05) is 41.9 Å². The van der Waals surface area contributed by atoms with E-state index >= 15 is 0 Å². The summed E-state index contributed by atoms with van der Waals surface area (Å²) in [5.41, 5.74) is 1.55. The highest BCUT2D eigenvalue weighted by atomic mass is 35.5. The molecule has 0 aliphatic carbocycles. The average molecular weight is 371 g/mol. The molecular weight excluding hydrogens is 352 g/mol. The lowest BCUT2D eigenvalue weighted by molar-refractivity contribution is -0.116. The number of methoxy groups -OCH3 is 1. The summed E-state index contributed by atoms with van der Waals surface area (Å²) in [6.07, 6.45) is 3.29. The highest BCUT2D eigenvalue weighted by molar-refractivity contribution is 6.33. The van der Waals surface area contributed by atoms with E-state index in [0.29, 0.717) is 41.6 Å². The minimum absolute atomic E-state index is 0.105. The van der Waals surface area contributed by atoms with Gasteiger partial charge in [0.1, 0.15) is 5.75 Å². The number of hydrogen-bond donors (Lipinski definition) is 1. The van der Waals surface area contributed by atoms with Crippen LogP contribution in [0.1, 0.15) is 18.7 Å². The molecule has 1 heterocycles. The van der Waals surface area contributed by atoms with E-state index in [9.17, 15) is 4.79 Å². The Labute approximate surface area is 157 Å². The Balaban J connectivity index is 1.49. The van der Waals surface area contributed by atoms with Crippen LogP contribution >= 0.6 is 11.6 Å². The van der Waals surface area contributed by atoms with E-state index in [4.69, 9.17) is 20.8 Å². The molecule has 6 heteroatoms. The number of halogens is 1. The fourth-order valence-electron chi connectivity index (χ4n) is 2.50. The zero-order valence-corrected chi connectivity index (χ0v) is 15.1. The molecule has 0 radical (unpaired) electrons. The number of nitrogens with one attached hydrogen (secondary N) is 1. The molecule has 1 amide bonds. The summed E-state index contributed by atoms with van der Waals surface area (Å²) in [5, 5.41) is 3.24. The molecule has 3 rings (SSSR count). The van der Waals surface area contributed by atoms with Gasteiger partial charge in [0.15, 0.2) is 11.7 Å². The number of carbonyl (C=O) groups is 1. The van der Waals surface area contributed by atoms with Gasteiger partial charge in [0, 0.05) is 24.5 Å². The van der Waals surface area contributed by atoms with Crippen LogP contribution < -0.4 is 10.1 Å². The molecule has 0 atom stereocenters. The van der Waals surface area contributed by atoms with Gasteiger partial charge in [-0.2, -0.15) is 0 Å². The van der Waals surface area contributed by atoms with E-state index in [-0.39, 0.29) is 5.91 Å². The van der Waals surface area contributed by atoms with Gasteiger partial charge in [-0.25, -0.2) is 4.98 Å². The summed E-state index contributed by atoms with van der Waals surface area (Å²) in [6.45, 7) is 0. The van der Waals surface area contributed by atoms with Gasteiger partial charge >= 0.3 is 0 Å². The van der Waals surface area contributed by atoms with Crippen LogP contribution in [-0.4, -0.2) is 18.0 Å². The highest BCUT2D eigenvalue weighted by Gasteiger charge is 2.09. The number of ether oxygens (including phenoxy) is 1. The van der Waals surface area contributed by atoms with Gasteiger partial charge in [-0.15, -0.1) is 0 Å². The molecule has 3 aromatic rings. The molecule has 1 N–H and O–H groups in total. The van der Waals surface area contributed by atoms with Crippen molar-refractivity contribution in [2.24, 2.45) is 0 Å². The molecule has 2 aromatic carbocycles. The number of rotatable bonds is 7. The van der Waals surface area contributed by atoms with Gasteiger partial charge in [-0.05, 0) is 18.6 Å². The first-order chi connectivity index (χ1) is 12.7. The van der Waals surface area contributed by atoms with Gasteiger partial charge in [0.2, 0.25) is 5.91 Å². The molecule has 0 aliphatic rings. The molecule has 134 valence electrons. The number of amides is 1. The molecule has 0 fully saturated rings. The minimum atomic E-state index is -0.105. The second kappa shape index (κ2) is 8.54. The Morgan fingerprint density at radius 1 is 1.23 bits per heavy atom. The van der Waals surface area contributed by atoms with Crippen molar-refractivity contribution >= 4 is 23.2 Å². The molecule has 0 unspecified atom stereocenters. The zero-order valence-electron chi connectivity index (χ0n) is 14.4. The van der Waals surface area contributed by atoms with E-state index in [1.165, 1.54) is 0 Å². The predicted molar refractivity (Wildman–Crippen MR) is 102 cm³/mol. The molecular formula is C20H19ClN2O3. The van der Waals surface area contributed by atoms with Gasteiger partial charge in [0.25, 0.3) is 0 Å². The van der Waals surface area contributed by atoms with Crippen LogP contribution in [-0.2, 0) is 11.2 Å². The Kier molecular flexibility index (Phi) is 5.92. The van der Waals surface area contributed by atoms with Crippen molar-refractivity contribution in [3.8, 4) is 17.1 Å². The van der Waals surface area contributed by atoms with Gasteiger partial charge in [-0.3, -0.25) is 4.79 Å². The third-order valence-corrected chi connectivity index (χ3v) is 4.17. The van der Waals surface area contributed by atoms with E-state index < -0.39 is 0 Å². The summed E-state index contributed by atoms with van der Waals surface area (Å²) in [5.74, 6) is 1.90. The lowest BCUT2D eigenvalue weighted by Crippen LogP contribution is -2.11. The fraction of sp³-hybridized carbons (Fsp3) is 0.200. The number of anilines is 1. The smallest absolute Gasteiger partial charge is 0.224 e. The van der Waals surface area contributed by atoms with Crippen molar-refractivity contribution in [1.82, 2.24) is 4.98 Å². The minimum Gasteiger partial charge on any atom is -0.497 e. The molecule has 1 aromatic heterocycles. The normalized spacial score (nSPS) is 10.5. The van der Waals surface area contributed by atoms with Crippen molar-refractivity contribution < 1.29 is 13.9 Å². The Hall–Kier alpha value is -2.79. The number of hydrogen-bond acceptors (Lipinski definition) is 4. The molecule has 0 spiro atoms. The largest absolute Gasteiger partial charge is 0.497 e. The number of oxazole rings is 1. The zero-order chi connectivity index (χ0) is 18.4. The van der Waals surface area contributed by atoms with Gasteiger partial charge in [0.05, 0.1) is 24.0 Å². The monoisotopic (exact) mass is 370 g/mol. The summed E-state index contributed by atoms with van der Waals surface area (Å²) < 4.78 is 10.8. The first-order valence-electron chi connectivity index (χ1n) is 8.29. The Morgan fingerprint density at radius 2 is 2.04 bits per heavy atom. The van der Waals surface area contributed by atoms with Crippen molar-refractivity contribution in [3.63, 3.8) is 0 Å². The number of carbonyl (C=O) groups excluding carboxylic acids is 1. The van der Waals surface area contributed by atoms with E-state index in [1.807, 2.05) is 30.3 Å². The van der Waals surface area contributed by atoms with Crippen LogP contribution in [0.2, 0.25) is 5.02 Å². The summed E-state index contributed by atoms with van der Waals surface area (Å²) in [7, 11) is 1.57. The lowest BCUT2D eigenvalue weighted by atomic mass is 10.2. The maximum Gasteiger partial charge on any atom is 0.224 e. The molecule has 0 saturated heterocycles. The van der Waals surface area contributed by atoms with Crippen LogP contribution in [0.25, 0.3) is 11.3 Å². The molecule has 0 bridgehead atoms. The maximum atomic E-state index is 12.1. The third kappa shape index (κ3) is 4.64. The van der Waals surface area contributed by atoms with Gasteiger partial charge < -0.3 is 14.5 Å². The third-order valence-electron chi connectivity index (χ3n) is 3.86. The molecule has 26 heavy (non-hydrogen) atoms. The first-order valence-corrected chi connectivity index (χ1v) is 8.67. The van der Waals surface area contributed by atoms with Crippen molar-refractivity contribution in [3.05, 3.63) is 65.6 Å². The lowest BCUT2D eigenvalue weighted by Gasteiger charge is -2.08. The summed E-state index contributed by atoms with van der Waals surface area (Å²) >= 11 is 6.12. The summed E-state index contributed by atoms with van der Waals surface area (Å²) in [4.78, 5) is 16.4. The van der Waals surface area contributed by atoms with E-state index in [2.05, 4.69) is 10.3 Å². The summed E-state index contributed by atoms with van der Waals surface area (Å²) in [6, 6.07) is 14.9. The molecule has 0 aliphatic heterocycles. The Morgan fingerprint density at radius 3 is 2.77 bits per heavy atom. The van der Waals surface area contributed by atoms with E-state index in [1.54, 1.807) is 31.5 Å². The van der Waals surface area contributed by atoms with Crippen LogP contribution in [0.5, 0.6) is 5.75 Å². The second-order valence-electron chi connectivity index (χ2n) is 5.73. The quantitative estimate of drug-likeness (QED) is 0.638. The van der Waals surface area contributed by atoms with Crippen LogP contribution in [0.3, 0.4) is 0 Å². The molecule has 5 nitrogen and oxygen atoms in total. The molecule has 0 saturated carbocycles. The Bertz CT molecular complexity index is 878. The topological polar surface area (TPSA) is 64.4 Å². The van der Waals surface area contributed by atoms with Crippen LogP contribution in [0.4, 0.5) is 5.69 Å². The second-order valence-corrected chi connectivity index (χ2v) is 6.14. The number of benzene rings is 2. The maximum absolute atomic E-state index is 12.1. The van der Waals surface area contributed by atoms with E-state index in [0.717, 1.165) is 11.3 Å². The van der Waals surface area contributed by atoms with Crippen molar-refractivity contribution in [1.29, 1.82) is 0 Å². The van der Waals surface area contributed by atoms with Crippen LogP contribution in [0, 0.1) is 0 Å². The number of aryl methyl sites for hydroxylation is 1. The predicted octanol–water partition coefficient (Wildman–Crippen LogP) is 4.97. The fourth-order valence-corrected chi connectivity index (χ4v) is 2.72. The standard InChI is InChI=1S/C20H19ClN2O3/c1-25-15-10-11-17(16(21)12-15)23-19(24)8-5-9-20-22-13-18(26-20)14-6-3-2-4-7-14/h2-4,6-7,10-13H,5,8-9H2,1H3,(H,23,24). The van der Waals surface area contributed by atoms with Crippen molar-refractivity contribution in [2.75, 3.05) is 12.4 Å². The first kappa shape index (κ1) is 18.0. The average Bonchev–Trinajstić information content (AvgIpc) is 3.13. The highest BCUT2D eigenvalue weighted by Crippen LogP contribution is 2.27. The SMILES string of the molecule is COc1ccc(NC(=O)CCCc2ncc(-c3ccccc3)o2)c(Cl)c1. The van der Waals surface area contributed by atoms with Crippen LogP contribution in [0.15, 0.2) is 59.1 Å². The van der Waals surface area contributed by atoms with Crippen molar-refractivity contribution in [2.45, 2.75) is 19.3 Å².